The Morgan fingerprint density at radius 2 is 1.88 bits per heavy atom. The quantitative estimate of drug-likeness (QED) is 0.417. The minimum Gasteiger partial charge on any atom is -0.477 e. The molecular formula is C26H29NO5. The molecule has 3 aromatic rings. The van der Waals surface area contributed by atoms with Crippen molar-refractivity contribution >= 4 is 16.9 Å². The van der Waals surface area contributed by atoms with E-state index in [-0.39, 0.29) is 12.4 Å². The first-order valence-corrected chi connectivity index (χ1v) is 11.0. The van der Waals surface area contributed by atoms with Gasteiger partial charge in [0.1, 0.15) is 18.1 Å². The molecule has 0 fully saturated rings. The highest BCUT2D eigenvalue weighted by atomic mass is 16.5. The second-order valence-electron chi connectivity index (χ2n) is 8.41. The Morgan fingerprint density at radius 3 is 2.59 bits per heavy atom. The van der Waals surface area contributed by atoms with E-state index in [4.69, 9.17) is 13.9 Å². The van der Waals surface area contributed by atoms with Gasteiger partial charge in [-0.1, -0.05) is 29.8 Å². The smallest absolute Gasteiger partial charge is 0.339 e. The second-order valence-corrected chi connectivity index (χ2v) is 8.41. The number of aryl methyl sites for hydroxylation is 3. The molecule has 6 nitrogen and oxygen atoms in total. The SMILES string of the molecule is CCOC(=O)CCc1c(C)c2cc3c(c(C)c2oc1=O)OCN(Cc1ccc(C)cc1)C3. The van der Waals surface area contributed by atoms with Gasteiger partial charge >= 0.3 is 11.6 Å². The Balaban J connectivity index is 1.64. The van der Waals surface area contributed by atoms with Gasteiger partial charge in [0.05, 0.1) is 6.61 Å². The van der Waals surface area contributed by atoms with Crippen molar-refractivity contribution in [3.63, 3.8) is 0 Å². The van der Waals surface area contributed by atoms with Gasteiger partial charge in [-0.2, -0.15) is 0 Å². The van der Waals surface area contributed by atoms with E-state index in [9.17, 15) is 9.59 Å². The Kier molecular flexibility index (Phi) is 6.33. The normalized spacial score (nSPS) is 13.6. The van der Waals surface area contributed by atoms with Gasteiger partial charge in [-0.15, -0.1) is 0 Å². The summed E-state index contributed by atoms with van der Waals surface area (Å²) in [5.74, 6) is 0.479. The van der Waals surface area contributed by atoms with Crippen molar-refractivity contribution in [2.45, 2.75) is 53.6 Å². The summed E-state index contributed by atoms with van der Waals surface area (Å²) >= 11 is 0. The van der Waals surface area contributed by atoms with Crippen LogP contribution >= 0.6 is 0 Å². The molecule has 0 atom stereocenters. The van der Waals surface area contributed by atoms with Crippen molar-refractivity contribution in [2.75, 3.05) is 13.3 Å². The molecule has 1 aliphatic rings. The Bertz CT molecular complexity index is 1210. The summed E-state index contributed by atoms with van der Waals surface area (Å²) in [7, 11) is 0. The van der Waals surface area contributed by atoms with Crippen LogP contribution in [0.4, 0.5) is 0 Å². The van der Waals surface area contributed by atoms with Crippen LogP contribution in [-0.2, 0) is 29.0 Å². The lowest BCUT2D eigenvalue weighted by Crippen LogP contribution is -2.32. The monoisotopic (exact) mass is 435 g/mol. The second kappa shape index (κ2) is 9.17. The number of hydrogen-bond donors (Lipinski definition) is 0. The molecule has 168 valence electrons. The molecule has 6 heteroatoms. The molecule has 0 amide bonds. The van der Waals surface area contributed by atoms with Crippen LogP contribution in [0.3, 0.4) is 0 Å². The molecule has 0 bridgehead atoms. The first kappa shape index (κ1) is 22.1. The molecule has 0 saturated heterocycles. The predicted molar refractivity (Wildman–Crippen MR) is 123 cm³/mol. The minimum atomic E-state index is -0.404. The third-order valence-corrected chi connectivity index (χ3v) is 6.03. The highest BCUT2D eigenvalue weighted by Crippen LogP contribution is 2.36. The van der Waals surface area contributed by atoms with Gasteiger partial charge in [0.15, 0.2) is 0 Å². The molecule has 0 aliphatic carbocycles. The molecule has 0 saturated carbocycles. The summed E-state index contributed by atoms with van der Waals surface area (Å²) in [5, 5.41) is 0.889. The summed E-state index contributed by atoms with van der Waals surface area (Å²) in [6.07, 6.45) is 0.456. The average Bonchev–Trinajstić information content (AvgIpc) is 2.76. The fourth-order valence-electron chi connectivity index (χ4n) is 4.30. The number of esters is 1. The lowest BCUT2D eigenvalue weighted by molar-refractivity contribution is -0.143. The van der Waals surface area contributed by atoms with Gasteiger partial charge < -0.3 is 13.9 Å². The maximum atomic E-state index is 12.7. The predicted octanol–water partition coefficient (Wildman–Crippen LogP) is 4.57. The number of carbonyl (C=O) groups is 1. The molecule has 4 rings (SSSR count). The van der Waals surface area contributed by atoms with Gasteiger partial charge in [0.2, 0.25) is 0 Å². The molecule has 32 heavy (non-hydrogen) atoms. The van der Waals surface area contributed by atoms with E-state index >= 15 is 0 Å². The molecule has 2 heterocycles. The zero-order valence-corrected chi connectivity index (χ0v) is 19.1. The van der Waals surface area contributed by atoms with Crippen LogP contribution in [0.25, 0.3) is 11.0 Å². The van der Waals surface area contributed by atoms with E-state index in [0.29, 0.717) is 30.9 Å². The number of hydrogen-bond acceptors (Lipinski definition) is 6. The van der Waals surface area contributed by atoms with E-state index in [1.807, 2.05) is 13.8 Å². The summed E-state index contributed by atoms with van der Waals surface area (Å²) in [4.78, 5) is 26.7. The van der Waals surface area contributed by atoms with Crippen molar-refractivity contribution in [3.8, 4) is 5.75 Å². The van der Waals surface area contributed by atoms with Crippen LogP contribution in [0.1, 0.15) is 46.7 Å². The van der Waals surface area contributed by atoms with Gasteiger partial charge in [0, 0.05) is 41.6 Å². The summed E-state index contributed by atoms with van der Waals surface area (Å²) in [5.41, 5.74) is 5.92. The third kappa shape index (κ3) is 4.41. The first-order chi connectivity index (χ1) is 15.4. The Hall–Kier alpha value is -3.12. The molecule has 0 spiro atoms. The van der Waals surface area contributed by atoms with Crippen molar-refractivity contribution < 1.29 is 18.7 Å². The maximum Gasteiger partial charge on any atom is 0.339 e. The Morgan fingerprint density at radius 1 is 1.12 bits per heavy atom. The zero-order chi connectivity index (χ0) is 22.8. The van der Waals surface area contributed by atoms with E-state index in [1.165, 1.54) is 11.1 Å². The molecule has 1 aromatic heterocycles. The average molecular weight is 436 g/mol. The molecule has 2 aromatic carbocycles. The fraction of sp³-hybridized carbons (Fsp3) is 0.385. The summed E-state index contributed by atoms with van der Waals surface area (Å²) < 4.78 is 16.8. The van der Waals surface area contributed by atoms with Crippen LogP contribution in [0.15, 0.2) is 39.5 Å². The summed E-state index contributed by atoms with van der Waals surface area (Å²) in [6.45, 7) is 10.0. The van der Waals surface area contributed by atoms with Crippen molar-refractivity contribution in [1.29, 1.82) is 0 Å². The topological polar surface area (TPSA) is 69.0 Å². The third-order valence-electron chi connectivity index (χ3n) is 6.03. The van der Waals surface area contributed by atoms with Crippen LogP contribution in [0.2, 0.25) is 0 Å². The fourth-order valence-corrected chi connectivity index (χ4v) is 4.30. The lowest BCUT2D eigenvalue weighted by Gasteiger charge is -2.30. The highest BCUT2D eigenvalue weighted by Gasteiger charge is 2.24. The molecular weight excluding hydrogens is 406 g/mol. The first-order valence-electron chi connectivity index (χ1n) is 11.0. The van der Waals surface area contributed by atoms with Crippen LogP contribution in [-0.4, -0.2) is 24.2 Å². The molecule has 0 radical (unpaired) electrons. The number of ether oxygens (including phenoxy) is 2. The van der Waals surface area contributed by atoms with Crippen LogP contribution in [0.5, 0.6) is 5.75 Å². The Labute approximate surface area is 187 Å². The van der Waals surface area contributed by atoms with Crippen LogP contribution in [0, 0.1) is 20.8 Å². The highest BCUT2D eigenvalue weighted by molar-refractivity contribution is 5.87. The molecule has 1 aliphatic heterocycles. The standard InChI is InChI=1S/C26H29NO5/c1-5-30-23(28)11-10-21-17(3)22-12-20-14-27(13-19-8-6-16(2)7-9-19)15-31-24(20)18(4)25(22)32-26(21)29/h6-9,12H,5,10-11,13-15H2,1-4H3. The number of carbonyl (C=O) groups excluding carboxylic acids is 1. The largest absolute Gasteiger partial charge is 0.477 e. The molecule has 0 unspecified atom stereocenters. The van der Waals surface area contributed by atoms with E-state index in [0.717, 1.165) is 40.9 Å². The minimum absolute atomic E-state index is 0.155. The van der Waals surface area contributed by atoms with Gasteiger partial charge in [0.25, 0.3) is 0 Å². The maximum absolute atomic E-state index is 12.7. The van der Waals surface area contributed by atoms with Crippen molar-refractivity contribution in [3.05, 3.63) is 74.1 Å². The van der Waals surface area contributed by atoms with Crippen LogP contribution < -0.4 is 10.4 Å². The summed E-state index contributed by atoms with van der Waals surface area (Å²) in [6, 6.07) is 10.6. The van der Waals surface area contributed by atoms with Gasteiger partial charge in [-0.3, -0.25) is 9.69 Å². The van der Waals surface area contributed by atoms with Crippen molar-refractivity contribution in [1.82, 2.24) is 4.90 Å². The van der Waals surface area contributed by atoms with E-state index < -0.39 is 5.63 Å². The zero-order valence-electron chi connectivity index (χ0n) is 19.1. The number of benzene rings is 2. The lowest BCUT2D eigenvalue weighted by atomic mass is 9.97. The van der Waals surface area contributed by atoms with E-state index in [1.54, 1.807) is 6.92 Å². The number of rotatable bonds is 6. The number of fused-ring (bicyclic) bond motifs is 2. The number of nitrogens with zero attached hydrogens (tertiary/aromatic N) is 1. The van der Waals surface area contributed by atoms with Gasteiger partial charge in [-0.25, -0.2) is 4.79 Å². The van der Waals surface area contributed by atoms with E-state index in [2.05, 4.69) is 42.2 Å². The molecule has 0 N–H and O–H groups in total. The van der Waals surface area contributed by atoms with Gasteiger partial charge in [-0.05, 0) is 51.3 Å². The van der Waals surface area contributed by atoms with Crippen molar-refractivity contribution in [2.24, 2.45) is 0 Å².